The number of carboxylic acids is 1. The SMILES string of the molecule is CCC1CC(C(=O)O)C(C(=O)NCCCS(C)=O)C1. The van der Waals surface area contributed by atoms with Crippen molar-refractivity contribution in [3.63, 3.8) is 0 Å². The molecule has 110 valence electrons. The molecule has 0 aliphatic heterocycles. The highest BCUT2D eigenvalue weighted by atomic mass is 32.2. The highest BCUT2D eigenvalue weighted by Crippen LogP contribution is 2.38. The Morgan fingerprint density at radius 1 is 1.32 bits per heavy atom. The Bertz CT molecular complexity index is 359. The van der Waals surface area contributed by atoms with Gasteiger partial charge in [-0.3, -0.25) is 13.8 Å². The first-order valence-electron chi connectivity index (χ1n) is 6.76. The summed E-state index contributed by atoms with van der Waals surface area (Å²) in [5, 5.41) is 11.9. The lowest BCUT2D eigenvalue weighted by Gasteiger charge is -2.15. The molecule has 0 bridgehead atoms. The molecule has 0 aromatic rings. The smallest absolute Gasteiger partial charge is 0.307 e. The summed E-state index contributed by atoms with van der Waals surface area (Å²) >= 11 is 0. The summed E-state index contributed by atoms with van der Waals surface area (Å²) in [4.78, 5) is 23.2. The molecule has 1 fully saturated rings. The summed E-state index contributed by atoms with van der Waals surface area (Å²) in [7, 11) is -0.849. The van der Waals surface area contributed by atoms with E-state index in [1.165, 1.54) is 0 Å². The van der Waals surface area contributed by atoms with Gasteiger partial charge in [0.05, 0.1) is 11.8 Å². The zero-order chi connectivity index (χ0) is 14.4. The van der Waals surface area contributed by atoms with E-state index in [1.54, 1.807) is 6.26 Å². The second kappa shape index (κ2) is 7.62. The molecule has 5 nitrogen and oxygen atoms in total. The van der Waals surface area contributed by atoms with Crippen LogP contribution in [0.1, 0.15) is 32.6 Å². The third kappa shape index (κ3) is 4.93. The standard InChI is InChI=1S/C13H23NO4S/c1-3-9-7-10(11(8-9)13(16)17)12(15)14-5-4-6-19(2)18/h9-11H,3-8H2,1-2H3,(H,14,15)(H,16,17). The first kappa shape index (κ1) is 16.1. The molecule has 1 amide bonds. The third-order valence-corrected chi connectivity index (χ3v) is 4.66. The van der Waals surface area contributed by atoms with Crippen molar-refractivity contribution in [3.05, 3.63) is 0 Å². The van der Waals surface area contributed by atoms with Gasteiger partial charge < -0.3 is 10.4 Å². The predicted molar refractivity (Wildman–Crippen MR) is 74.2 cm³/mol. The van der Waals surface area contributed by atoms with Crippen LogP contribution in [0.3, 0.4) is 0 Å². The zero-order valence-corrected chi connectivity index (χ0v) is 12.4. The van der Waals surface area contributed by atoms with E-state index in [9.17, 15) is 18.9 Å². The van der Waals surface area contributed by atoms with E-state index in [1.807, 2.05) is 6.92 Å². The number of rotatable bonds is 7. The second-order valence-corrected chi connectivity index (χ2v) is 6.77. The largest absolute Gasteiger partial charge is 0.481 e. The van der Waals surface area contributed by atoms with E-state index in [2.05, 4.69) is 5.32 Å². The van der Waals surface area contributed by atoms with Gasteiger partial charge in [-0.15, -0.1) is 0 Å². The van der Waals surface area contributed by atoms with E-state index >= 15 is 0 Å². The predicted octanol–water partition coefficient (Wildman–Crippen LogP) is 1.01. The van der Waals surface area contributed by atoms with Crippen molar-refractivity contribution in [2.75, 3.05) is 18.6 Å². The fourth-order valence-corrected chi connectivity index (χ4v) is 3.21. The number of hydrogen-bond acceptors (Lipinski definition) is 3. The van der Waals surface area contributed by atoms with Crippen LogP contribution in [0.4, 0.5) is 0 Å². The van der Waals surface area contributed by atoms with E-state index in [4.69, 9.17) is 0 Å². The van der Waals surface area contributed by atoms with Crippen LogP contribution in [0.2, 0.25) is 0 Å². The molecule has 1 rings (SSSR count). The number of carboxylic acid groups (broad SMARTS) is 1. The zero-order valence-electron chi connectivity index (χ0n) is 11.6. The molecule has 6 heteroatoms. The molecule has 2 N–H and O–H groups in total. The summed E-state index contributed by atoms with van der Waals surface area (Å²) in [6.45, 7) is 2.50. The molecule has 0 spiro atoms. The molecule has 0 saturated heterocycles. The topological polar surface area (TPSA) is 83.5 Å². The summed E-state index contributed by atoms with van der Waals surface area (Å²) < 4.78 is 10.9. The summed E-state index contributed by atoms with van der Waals surface area (Å²) in [5.41, 5.74) is 0. The number of aliphatic carboxylic acids is 1. The fourth-order valence-electron chi connectivity index (χ4n) is 2.66. The highest BCUT2D eigenvalue weighted by Gasteiger charge is 2.41. The Kier molecular flexibility index (Phi) is 6.48. The molecule has 0 aromatic heterocycles. The van der Waals surface area contributed by atoms with Gasteiger partial charge in [0, 0.05) is 29.4 Å². The van der Waals surface area contributed by atoms with Crippen molar-refractivity contribution in [2.24, 2.45) is 17.8 Å². The number of nitrogens with one attached hydrogen (secondary N) is 1. The van der Waals surface area contributed by atoms with Gasteiger partial charge in [0.2, 0.25) is 5.91 Å². The average molecular weight is 289 g/mol. The van der Waals surface area contributed by atoms with Gasteiger partial charge in [-0.25, -0.2) is 0 Å². The van der Waals surface area contributed by atoms with E-state index in [0.717, 1.165) is 6.42 Å². The lowest BCUT2D eigenvalue weighted by molar-refractivity contribution is -0.146. The van der Waals surface area contributed by atoms with Gasteiger partial charge in [-0.05, 0) is 25.2 Å². The minimum atomic E-state index is -0.870. The van der Waals surface area contributed by atoms with Crippen LogP contribution < -0.4 is 5.32 Å². The Labute approximate surface area is 116 Å². The van der Waals surface area contributed by atoms with Gasteiger partial charge in [0.25, 0.3) is 0 Å². The molecular formula is C13H23NO4S. The van der Waals surface area contributed by atoms with Crippen LogP contribution >= 0.6 is 0 Å². The van der Waals surface area contributed by atoms with Crippen molar-refractivity contribution in [3.8, 4) is 0 Å². The lowest BCUT2D eigenvalue weighted by Crippen LogP contribution is -2.36. The molecule has 0 radical (unpaired) electrons. The Morgan fingerprint density at radius 3 is 2.47 bits per heavy atom. The highest BCUT2D eigenvalue weighted by molar-refractivity contribution is 7.84. The summed E-state index contributed by atoms with van der Waals surface area (Å²) in [6, 6.07) is 0. The van der Waals surface area contributed by atoms with E-state index in [-0.39, 0.29) is 5.91 Å². The molecule has 1 aliphatic rings. The van der Waals surface area contributed by atoms with Crippen molar-refractivity contribution in [2.45, 2.75) is 32.6 Å². The molecule has 1 aliphatic carbocycles. The van der Waals surface area contributed by atoms with Crippen molar-refractivity contribution < 1.29 is 18.9 Å². The van der Waals surface area contributed by atoms with Crippen molar-refractivity contribution in [1.82, 2.24) is 5.32 Å². The van der Waals surface area contributed by atoms with Crippen LogP contribution in [0.15, 0.2) is 0 Å². The maximum absolute atomic E-state index is 12.0. The molecule has 1 saturated carbocycles. The normalized spacial score (nSPS) is 28.0. The molecular weight excluding hydrogens is 266 g/mol. The third-order valence-electron chi connectivity index (χ3n) is 3.80. The average Bonchev–Trinajstić information content (AvgIpc) is 2.78. The van der Waals surface area contributed by atoms with Gasteiger partial charge in [0.1, 0.15) is 0 Å². The van der Waals surface area contributed by atoms with Crippen LogP contribution in [-0.4, -0.2) is 39.7 Å². The number of carbonyl (C=O) groups is 2. The van der Waals surface area contributed by atoms with Crippen LogP contribution in [0, 0.1) is 17.8 Å². The molecule has 0 aromatic carbocycles. The Morgan fingerprint density at radius 2 is 1.95 bits per heavy atom. The minimum absolute atomic E-state index is 0.162. The monoisotopic (exact) mass is 289 g/mol. The number of hydrogen-bond donors (Lipinski definition) is 2. The van der Waals surface area contributed by atoms with Gasteiger partial charge in [-0.2, -0.15) is 0 Å². The van der Waals surface area contributed by atoms with Crippen molar-refractivity contribution in [1.29, 1.82) is 0 Å². The fraction of sp³-hybridized carbons (Fsp3) is 0.846. The lowest BCUT2D eigenvalue weighted by atomic mass is 9.95. The first-order valence-corrected chi connectivity index (χ1v) is 8.49. The molecule has 19 heavy (non-hydrogen) atoms. The van der Waals surface area contributed by atoms with E-state index < -0.39 is 28.6 Å². The van der Waals surface area contributed by atoms with Gasteiger partial charge in [-0.1, -0.05) is 13.3 Å². The van der Waals surface area contributed by atoms with Gasteiger partial charge in [0.15, 0.2) is 0 Å². The van der Waals surface area contributed by atoms with Gasteiger partial charge >= 0.3 is 5.97 Å². The molecule has 4 unspecified atom stereocenters. The summed E-state index contributed by atoms with van der Waals surface area (Å²) in [6.07, 6.45) is 4.48. The second-order valence-electron chi connectivity index (χ2n) is 5.22. The van der Waals surface area contributed by atoms with Crippen LogP contribution in [0.5, 0.6) is 0 Å². The molecule has 0 heterocycles. The maximum atomic E-state index is 12.0. The minimum Gasteiger partial charge on any atom is -0.481 e. The number of carbonyl (C=O) groups excluding carboxylic acids is 1. The first-order chi connectivity index (χ1) is 8.95. The Hall–Kier alpha value is -0.910. The van der Waals surface area contributed by atoms with Crippen LogP contribution in [0.25, 0.3) is 0 Å². The summed E-state index contributed by atoms with van der Waals surface area (Å²) in [5.74, 6) is -1.10. The molecule has 4 atom stereocenters. The van der Waals surface area contributed by atoms with Crippen LogP contribution in [-0.2, 0) is 20.4 Å². The Balaban J connectivity index is 2.45. The van der Waals surface area contributed by atoms with E-state index in [0.29, 0.717) is 37.5 Å². The number of amides is 1. The van der Waals surface area contributed by atoms with Crippen molar-refractivity contribution >= 4 is 22.7 Å². The maximum Gasteiger partial charge on any atom is 0.307 e. The quantitative estimate of drug-likeness (QED) is 0.685.